The molecule has 6 nitrogen and oxygen atoms in total. The molecule has 1 fully saturated rings. The van der Waals surface area contributed by atoms with E-state index in [-0.39, 0.29) is 0 Å². The molecular formula is C20H26N4O2S2. The molecule has 2 aromatic heterocycles. The molecule has 2 N–H and O–H groups in total. The quantitative estimate of drug-likeness (QED) is 0.612. The van der Waals surface area contributed by atoms with Crippen molar-refractivity contribution in [3.63, 3.8) is 0 Å². The third-order valence-electron chi connectivity index (χ3n) is 5.38. The Morgan fingerprint density at radius 1 is 1.29 bits per heavy atom. The van der Waals surface area contributed by atoms with Crippen LogP contribution in [0.2, 0.25) is 0 Å². The highest BCUT2D eigenvalue weighted by atomic mass is 32.2. The van der Waals surface area contributed by atoms with Crippen LogP contribution >= 0.6 is 11.3 Å². The number of benzene rings is 1. The van der Waals surface area contributed by atoms with Crippen LogP contribution in [0.25, 0.3) is 10.9 Å². The molecule has 0 atom stereocenters. The average Bonchev–Trinajstić information content (AvgIpc) is 3.28. The first kappa shape index (κ1) is 19.4. The number of aromatic nitrogens is 2. The Morgan fingerprint density at radius 3 is 2.86 bits per heavy atom. The van der Waals surface area contributed by atoms with Gasteiger partial charge in [0, 0.05) is 22.5 Å². The molecule has 0 amide bonds. The molecule has 1 aliphatic rings. The number of sulfonamides is 1. The van der Waals surface area contributed by atoms with Crippen LogP contribution in [-0.4, -0.2) is 49.2 Å². The van der Waals surface area contributed by atoms with Gasteiger partial charge in [0.1, 0.15) is 0 Å². The van der Waals surface area contributed by atoms with E-state index in [1.54, 1.807) is 0 Å². The SMILES string of the molecule is CS(=O)(=O)Nc1nc(CCCN2CCC(c3c[nH]c4ccccc34)CC2)cs1. The van der Waals surface area contributed by atoms with Crippen molar-refractivity contribution >= 4 is 37.4 Å². The van der Waals surface area contributed by atoms with E-state index >= 15 is 0 Å². The zero-order chi connectivity index (χ0) is 19.6. The minimum atomic E-state index is -3.25. The number of nitrogens with zero attached hydrogens (tertiary/aromatic N) is 2. The van der Waals surface area contributed by atoms with Gasteiger partial charge in [-0.3, -0.25) is 4.72 Å². The van der Waals surface area contributed by atoms with E-state index in [0.29, 0.717) is 11.0 Å². The van der Waals surface area contributed by atoms with Gasteiger partial charge in [0.25, 0.3) is 0 Å². The number of aryl methyl sites for hydroxylation is 1. The molecule has 1 aliphatic heterocycles. The average molecular weight is 419 g/mol. The fraction of sp³-hybridized carbons (Fsp3) is 0.450. The van der Waals surface area contributed by atoms with E-state index in [4.69, 9.17) is 0 Å². The molecule has 1 saturated heterocycles. The van der Waals surface area contributed by atoms with Gasteiger partial charge in [-0.25, -0.2) is 13.4 Å². The second-order valence-corrected chi connectivity index (χ2v) is 10.1. The second-order valence-electron chi connectivity index (χ2n) is 7.53. The van der Waals surface area contributed by atoms with Crippen LogP contribution < -0.4 is 4.72 Å². The fourth-order valence-electron chi connectivity index (χ4n) is 4.01. The Balaban J connectivity index is 1.24. The van der Waals surface area contributed by atoms with Crippen LogP contribution in [-0.2, 0) is 16.4 Å². The van der Waals surface area contributed by atoms with Gasteiger partial charge in [0.2, 0.25) is 10.0 Å². The van der Waals surface area contributed by atoms with E-state index in [9.17, 15) is 8.42 Å². The summed E-state index contributed by atoms with van der Waals surface area (Å²) in [5.74, 6) is 0.635. The van der Waals surface area contributed by atoms with Gasteiger partial charge in [-0.2, -0.15) is 0 Å². The summed E-state index contributed by atoms with van der Waals surface area (Å²) >= 11 is 1.34. The topological polar surface area (TPSA) is 78.1 Å². The highest BCUT2D eigenvalue weighted by Crippen LogP contribution is 2.33. The number of rotatable bonds is 7. The van der Waals surface area contributed by atoms with Crippen molar-refractivity contribution in [2.24, 2.45) is 0 Å². The molecule has 0 unspecified atom stereocenters. The van der Waals surface area contributed by atoms with Crippen molar-refractivity contribution in [2.75, 3.05) is 30.6 Å². The summed E-state index contributed by atoms with van der Waals surface area (Å²) < 4.78 is 25.0. The van der Waals surface area contributed by atoms with Gasteiger partial charge in [-0.1, -0.05) is 18.2 Å². The van der Waals surface area contributed by atoms with Gasteiger partial charge < -0.3 is 9.88 Å². The molecule has 4 rings (SSSR count). The van der Waals surface area contributed by atoms with Gasteiger partial charge in [-0.15, -0.1) is 11.3 Å². The van der Waals surface area contributed by atoms with Crippen LogP contribution in [0, 0.1) is 0 Å². The lowest BCUT2D eigenvalue weighted by molar-refractivity contribution is 0.210. The van der Waals surface area contributed by atoms with Crippen molar-refractivity contribution in [3.8, 4) is 0 Å². The number of fused-ring (bicyclic) bond motifs is 1. The Kier molecular flexibility index (Phi) is 5.70. The maximum Gasteiger partial charge on any atom is 0.231 e. The van der Waals surface area contributed by atoms with Crippen molar-refractivity contribution in [1.29, 1.82) is 0 Å². The number of likely N-dealkylation sites (tertiary alicyclic amines) is 1. The molecule has 0 aliphatic carbocycles. The Bertz CT molecular complexity index is 1030. The number of aromatic amines is 1. The summed E-state index contributed by atoms with van der Waals surface area (Å²) in [6.45, 7) is 3.32. The van der Waals surface area contributed by atoms with Gasteiger partial charge in [0.05, 0.1) is 11.9 Å². The number of thiazole rings is 1. The monoisotopic (exact) mass is 418 g/mol. The summed E-state index contributed by atoms with van der Waals surface area (Å²) in [4.78, 5) is 10.3. The molecule has 3 aromatic rings. The predicted octanol–water partition coefficient (Wildman–Crippen LogP) is 3.81. The highest BCUT2D eigenvalue weighted by Gasteiger charge is 2.22. The number of nitrogens with one attached hydrogen (secondary N) is 2. The van der Waals surface area contributed by atoms with Crippen LogP contribution in [0.15, 0.2) is 35.8 Å². The predicted molar refractivity (Wildman–Crippen MR) is 116 cm³/mol. The molecule has 8 heteroatoms. The van der Waals surface area contributed by atoms with E-state index in [1.807, 2.05) is 5.38 Å². The first-order valence-electron chi connectivity index (χ1n) is 9.68. The number of anilines is 1. The minimum absolute atomic E-state index is 0.456. The molecule has 150 valence electrons. The molecular weight excluding hydrogens is 392 g/mol. The van der Waals surface area contributed by atoms with Crippen LogP contribution in [0.1, 0.15) is 36.4 Å². The molecule has 1 aromatic carbocycles. The standard InChI is InChI=1S/C20H26N4O2S2/c1-28(25,26)23-20-22-16(14-27-20)5-4-10-24-11-8-15(9-12-24)18-13-21-19-7-3-2-6-17(18)19/h2-3,6-7,13-15,21H,4-5,8-12H2,1H3,(H,22,23). The van der Waals surface area contributed by atoms with Crippen LogP contribution in [0.4, 0.5) is 5.13 Å². The van der Waals surface area contributed by atoms with Crippen molar-refractivity contribution in [2.45, 2.75) is 31.6 Å². The lowest BCUT2D eigenvalue weighted by atomic mass is 9.89. The summed E-state index contributed by atoms with van der Waals surface area (Å²) in [7, 11) is -3.25. The summed E-state index contributed by atoms with van der Waals surface area (Å²) in [5.41, 5.74) is 3.65. The third kappa shape index (κ3) is 4.74. The zero-order valence-corrected chi connectivity index (χ0v) is 17.7. The summed E-state index contributed by atoms with van der Waals surface area (Å²) in [6, 6.07) is 8.55. The minimum Gasteiger partial charge on any atom is -0.361 e. The van der Waals surface area contributed by atoms with Gasteiger partial charge in [0.15, 0.2) is 5.13 Å². The number of H-pyrrole nitrogens is 1. The zero-order valence-electron chi connectivity index (χ0n) is 16.0. The lowest BCUT2D eigenvalue weighted by Crippen LogP contribution is -2.33. The van der Waals surface area contributed by atoms with Crippen LogP contribution in [0.3, 0.4) is 0 Å². The number of hydrogen-bond acceptors (Lipinski definition) is 5. The Morgan fingerprint density at radius 2 is 2.07 bits per heavy atom. The van der Waals surface area contributed by atoms with E-state index in [1.165, 1.54) is 40.6 Å². The lowest BCUT2D eigenvalue weighted by Gasteiger charge is -2.31. The molecule has 0 bridgehead atoms. The summed E-state index contributed by atoms with van der Waals surface area (Å²) in [5, 5.41) is 3.76. The molecule has 0 spiro atoms. The maximum absolute atomic E-state index is 11.3. The Hall–Kier alpha value is -1.90. The van der Waals surface area contributed by atoms with Gasteiger partial charge >= 0.3 is 0 Å². The van der Waals surface area contributed by atoms with E-state index in [2.05, 4.69) is 50.1 Å². The number of piperidine rings is 1. The van der Waals surface area contributed by atoms with Crippen molar-refractivity contribution < 1.29 is 8.42 Å². The molecule has 28 heavy (non-hydrogen) atoms. The fourth-order valence-corrected chi connectivity index (χ4v) is 5.61. The van der Waals surface area contributed by atoms with Crippen molar-refractivity contribution in [1.82, 2.24) is 14.9 Å². The summed E-state index contributed by atoms with van der Waals surface area (Å²) in [6.07, 6.45) is 7.65. The Labute approximate surface area is 170 Å². The van der Waals surface area contributed by atoms with E-state index in [0.717, 1.165) is 44.4 Å². The number of para-hydroxylation sites is 1. The number of hydrogen-bond donors (Lipinski definition) is 2. The molecule has 0 radical (unpaired) electrons. The smallest absolute Gasteiger partial charge is 0.231 e. The van der Waals surface area contributed by atoms with E-state index < -0.39 is 10.0 Å². The first-order chi connectivity index (χ1) is 13.5. The first-order valence-corrected chi connectivity index (χ1v) is 12.5. The normalized spacial score (nSPS) is 16.6. The second kappa shape index (κ2) is 8.23. The third-order valence-corrected chi connectivity index (χ3v) is 6.88. The van der Waals surface area contributed by atoms with Crippen molar-refractivity contribution in [3.05, 3.63) is 47.1 Å². The molecule has 0 saturated carbocycles. The van der Waals surface area contributed by atoms with Gasteiger partial charge in [-0.05, 0) is 62.9 Å². The van der Waals surface area contributed by atoms with Crippen LogP contribution in [0.5, 0.6) is 0 Å². The maximum atomic E-state index is 11.3. The largest absolute Gasteiger partial charge is 0.361 e. The highest BCUT2D eigenvalue weighted by molar-refractivity contribution is 7.92. The molecule has 3 heterocycles.